The Labute approximate surface area is 201 Å². The zero-order valence-corrected chi connectivity index (χ0v) is 19.3. The Hall–Kier alpha value is -3.53. The van der Waals surface area contributed by atoms with Gasteiger partial charge in [-0.05, 0) is 70.0 Å². The first-order valence-electron chi connectivity index (χ1n) is 11.8. The number of hydrogen-bond acceptors (Lipinski definition) is 2. The van der Waals surface area contributed by atoms with E-state index in [1.54, 1.807) is 0 Å². The van der Waals surface area contributed by atoms with Crippen LogP contribution in [0.5, 0.6) is 0 Å². The van der Waals surface area contributed by atoms with Gasteiger partial charge < -0.3 is 9.51 Å². The fraction of sp³-hybridized carbons (Fsp3) is 0.0968. The van der Waals surface area contributed by atoms with Crippen molar-refractivity contribution in [3.63, 3.8) is 0 Å². The highest BCUT2D eigenvalue weighted by Crippen LogP contribution is 2.54. The van der Waals surface area contributed by atoms with Gasteiger partial charge in [0.2, 0.25) is 0 Å². The van der Waals surface area contributed by atoms with Gasteiger partial charge in [0.05, 0.1) is 23.2 Å². The Morgan fingerprint density at radius 2 is 1.71 bits per heavy atom. The molecule has 162 valence electrons. The number of benzene rings is 4. The Morgan fingerprint density at radius 1 is 0.853 bits per heavy atom. The summed E-state index contributed by atoms with van der Waals surface area (Å²) in [6.45, 7) is 0.0468. The lowest BCUT2D eigenvalue weighted by Gasteiger charge is -2.17. The van der Waals surface area contributed by atoms with Crippen LogP contribution in [0.15, 0.2) is 101 Å². The van der Waals surface area contributed by atoms with Crippen LogP contribution in [0.25, 0.3) is 49.2 Å². The predicted molar refractivity (Wildman–Crippen MR) is 143 cm³/mol. The molecule has 0 radical (unpaired) electrons. The molecule has 8 rings (SSSR count). The molecule has 0 saturated carbocycles. The van der Waals surface area contributed by atoms with Gasteiger partial charge in [0.1, 0.15) is 0 Å². The lowest BCUT2D eigenvalue weighted by Crippen LogP contribution is -1.99. The van der Waals surface area contributed by atoms with Crippen molar-refractivity contribution in [1.82, 2.24) is 4.40 Å². The van der Waals surface area contributed by atoms with Gasteiger partial charge in [-0.1, -0.05) is 66.4 Å². The highest BCUT2D eigenvalue weighted by atomic mass is 32.2. The van der Waals surface area contributed by atoms with Gasteiger partial charge in [0.25, 0.3) is 0 Å². The SMILES string of the molecule is OCc1cc2c3ccccc3n3c4ccc(-c5cccc6c5C5CC=CC=C5S6)cc4c(c1)c23. The third-order valence-corrected chi connectivity index (χ3v) is 8.84. The third kappa shape index (κ3) is 2.36. The summed E-state index contributed by atoms with van der Waals surface area (Å²) in [5.74, 6) is 0.469. The lowest BCUT2D eigenvalue weighted by molar-refractivity contribution is 0.282. The van der Waals surface area contributed by atoms with Crippen molar-refractivity contribution in [2.75, 3.05) is 0 Å². The second kappa shape index (κ2) is 6.75. The fourth-order valence-electron chi connectivity index (χ4n) is 6.16. The van der Waals surface area contributed by atoms with E-state index < -0.39 is 0 Å². The minimum absolute atomic E-state index is 0.0468. The quantitative estimate of drug-likeness (QED) is 0.286. The number of aliphatic hydroxyl groups is 1. The molecule has 2 aliphatic rings. The second-order valence-electron chi connectivity index (χ2n) is 9.39. The van der Waals surface area contributed by atoms with Gasteiger partial charge in [-0.3, -0.25) is 0 Å². The molecule has 1 N–H and O–H groups in total. The van der Waals surface area contributed by atoms with Crippen molar-refractivity contribution in [2.45, 2.75) is 23.8 Å². The molecule has 3 heterocycles. The molecular weight excluding hydrogens is 434 g/mol. The molecule has 0 spiro atoms. The van der Waals surface area contributed by atoms with E-state index in [0.29, 0.717) is 5.92 Å². The Balaban J connectivity index is 1.44. The van der Waals surface area contributed by atoms with E-state index in [9.17, 15) is 5.11 Å². The smallest absolute Gasteiger partial charge is 0.0682 e. The van der Waals surface area contributed by atoms with Gasteiger partial charge in [-0.15, -0.1) is 0 Å². The summed E-state index contributed by atoms with van der Waals surface area (Å²) < 4.78 is 2.40. The van der Waals surface area contributed by atoms with Crippen LogP contribution in [0.2, 0.25) is 0 Å². The molecule has 34 heavy (non-hydrogen) atoms. The average Bonchev–Trinajstić information content (AvgIpc) is 3.54. The molecule has 1 atom stereocenters. The van der Waals surface area contributed by atoms with Crippen LogP contribution in [-0.4, -0.2) is 9.51 Å². The maximum absolute atomic E-state index is 10.0. The van der Waals surface area contributed by atoms with Crippen LogP contribution in [0.1, 0.15) is 23.5 Å². The Kier molecular flexibility index (Phi) is 3.74. The number of hydrogen-bond donors (Lipinski definition) is 1. The number of allylic oxidation sites excluding steroid dienone is 4. The van der Waals surface area contributed by atoms with Gasteiger partial charge in [-0.25, -0.2) is 0 Å². The van der Waals surface area contributed by atoms with Gasteiger partial charge in [0.15, 0.2) is 0 Å². The first kappa shape index (κ1) is 18.8. The van der Waals surface area contributed by atoms with E-state index >= 15 is 0 Å². The maximum atomic E-state index is 10.0. The molecule has 2 aromatic heterocycles. The van der Waals surface area contributed by atoms with Crippen LogP contribution in [0, 0.1) is 0 Å². The topological polar surface area (TPSA) is 24.6 Å². The van der Waals surface area contributed by atoms with Crippen LogP contribution >= 0.6 is 11.8 Å². The highest BCUT2D eigenvalue weighted by Gasteiger charge is 2.31. The number of rotatable bonds is 2. The van der Waals surface area contributed by atoms with E-state index in [4.69, 9.17) is 0 Å². The zero-order valence-electron chi connectivity index (χ0n) is 18.5. The first-order chi connectivity index (χ1) is 16.8. The zero-order chi connectivity index (χ0) is 22.4. The Bertz CT molecular complexity index is 1860. The van der Waals surface area contributed by atoms with E-state index in [2.05, 4.69) is 95.4 Å². The lowest BCUT2D eigenvalue weighted by atomic mass is 9.86. The van der Waals surface area contributed by atoms with E-state index in [1.807, 2.05) is 11.8 Å². The number of aromatic nitrogens is 1. The monoisotopic (exact) mass is 455 g/mol. The summed E-state index contributed by atoms with van der Waals surface area (Å²) in [5, 5.41) is 15.0. The molecular formula is C31H21NOS. The van der Waals surface area contributed by atoms with Gasteiger partial charge >= 0.3 is 0 Å². The molecule has 0 bridgehead atoms. The number of aliphatic hydroxyl groups excluding tert-OH is 1. The van der Waals surface area contributed by atoms with E-state index in [0.717, 1.165) is 12.0 Å². The largest absolute Gasteiger partial charge is 0.392 e. The molecule has 0 saturated heterocycles. The average molecular weight is 456 g/mol. The highest BCUT2D eigenvalue weighted by molar-refractivity contribution is 8.03. The second-order valence-corrected chi connectivity index (χ2v) is 10.5. The molecule has 0 amide bonds. The predicted octanol–water partition coefficient (Wildman–Crippen LogP) is 8.03. The summed E-state index contributed by atoms with van der Waals surface area (Å²) in [5.41, 5.74) is 8.74. The third-order valence-electron chi connectivity index (χ3n) is 7.60. The molecule has 6 aromatic rings. The number of thioether (sulfide) groups is 1. The summed E-state index contributed by atoms with van der Waals surface area (Å²) >= 11 is 1.93. The van der Waals surface area contributed by atoms with Crippen molar-refractivity contribution in [3.8, 4) is 11.1 Å². The van der Waals surface area contributed by atoms with Crippen LogP contribution in [0.4, 0.5) is 0 Å². The molecule has 2 nitrogen and oxygen atoms in total. The minimum Gasteiger partial charge on any atom is -0.392 e. The van der Waals surface area contributed by atoms with Crippen molar-refractivity contribution < 1.29 is 5.11 Å². The van der Waals surface area contributed by atoms with Crippen molar-refractivity contribution in [2.24, 2.45) is 0 Å². The van der Waals surface area contributed by atoms with E-state index in [-0.39, 0.29) is 6.61 Å². The molecule has 4 aromatic carbocycles. The van der Waals surface area contributed by atoms with Crippen LogP contribution < -0.4 is 0 Å². The van der Waals surface area contributed by atoms with Crippen molar-refractivity contribution >= 4 is 49.9 Å². The van der Waals surface area contributed by atoms with E-state index in [1.165, 1.54) is 64.6 Å². The van der Waals surface area contributed by atoms with Crippen molar-refractivity contribution in [3.05, 3.63) is 107 Å². The van der Waals surface area contributed by atoms with Crippen LogP contribution in [-0.2, 0) is 6.61 Å². The van der Waals surface area contributed by atoms with Crippen molar-refractivity contribution in [1.29, 1.82) is 0 Å². The number of para-hydroxylation sites is 1. The summed E-state index contributed by atoms with van der Waals surface area (Å²) in [7, 11) is 0. The maximum Gasteiger partial charge on any atom is 0.0682 e. The summed E-state index contributed by atoms with van der Waals surface area (Å²) in [6.07, 6.45) is 7.84. The van der Waals surface area contributed by atoms with Gasteiger partial charge in [0, 0.05) is 32.4 Å². The number of fused-ring (bicyclic) bond motifs is 9. The molecule has 3 heteroatoms. The fourth-order valence-corrected chi connectivity index (χ4v) is 7.43. The standard InChI is InChI=1S/C31H21NOS/c33-17-18-14-24-21-6-1-3-9-26(21)32-27-13-12-19(16-23(27)25(15-18)31(24)32)20-8-5-11-29-30(20)22-7-2-4-10-28(22)34-29/h1-6,8-16,22,33H,7,17H2. The normalized spacial score (nSPS) is 17.2. The molecule has 0 fully saturated rings. The molecule has 1 aliphatic heterocycles. The van der Waals surface area contributed by atoms with Gasteiger partial charge in [-0.2, -0.15) is 0 Å². The number of nitrogens with zero attached hydrogens (tertiary/aromatic N) is 1. The summed E-state index contributed by atoms with van der Waals surface area (Å²) in [6, 6.07) is 26.6. The first-order valence-corrected chi connectivity index (χ1v) is 12.6. The molecule has 1 aliphatic carbocycles. The minimum atomic E-state index is 0.0468. The molecule has 1 unspecified atom stereocenters. The Morgan fingerprint density at radius 3 is 2.62 bits per heavy atom. The summed E-state index contributed by atoms with van der Waals surface area (Å²) in [4.78, 5) is 2.85. The van der Waals surface area contributed by atoms with Crippen LogP contribution in [0.3, 0.4) is 0 Å².